The second-order valence-corrected chi connectivity index (χ2v) is 6.02. The van der Waals surface area contributed by atoms with E-state index in [1.165, 1.54) is 30.5 Å². The van der Waals surface area contributed by atoms with Crippen molar-refractivity contribution < 1.29 is 0 Å². The molecule has 3 N–H and O–H groups in total. The van der Waals surface area contributed by atoms with E-state index in [9.17, 15) is 0 Å². The van der Waals surface area contributed by atoms with Gasteiger partial charge < -0.3 is 16.0 Å². The van der Waals surface area contributed by atoms with Crippen LogP contribution >= 0.6 is 0 Å². The number of hydrogen-bond acceptors (Lipinski definition) is 3. The molecule has 112 valence electrons. The molecule has 0 spiro atoms. The van der Waals surface area contributed by atoms with E-state index in [-0.39, 0.29) is 0 Å². The fourth-order valence-corrected chi connectivity index (χ4v) is 2.89. The van der Waals surface area contributed by atoms with Gasteiger partial charge in [0.1, 0.15) is 0 Å². The number of anilines is 2. The van der Waals surface area contributed by atoms with Crippen LogP contribution in [0.3, 0.4) is 0 Å². The lowest BCUT2D eigenvalue weighted by molar-refractivity contribution is 0.438. The third kappa shape index (κ3) is 4.14. The molecule has 1 aliphatic heterocycles. The summed E-state index contributed by atoms with van der Waals surface area (Å²) in [7, 11) is 0. The Bertz CT molecular complexity index is 409. The van der Waals surface area contributed by atoms with Crippen LogP contribution in [-0.4, -0.2) is 26.2 Å². The summed E-state index contributed by atoms with van der Waals surface area (Å²) in [5.74, 6) is 0.859. The molecule has 1 saturated heterocycles. The van der Waals surface area contributed by atoms with E-state index in [4.69, 9.17) is 5.73 Å². The standard InChI is InChI=1S/C17H29N3/c1-3-19-10-4-5-15-6-7-17(16(18)13-15)20-11-8-14(2)9-12-20/h6-7,13-14,19H,3-5,8-12,18H2,1-2H3. The van der Waals surface area contributed by atoms with E-state index < -0.39 is 0 Å². The number of nitrogens with zero attached hydrogens (tertiary/aromatic N) is 1. The minimum Gasteiger partial charge on any atom is -0.397 e. The molecule has 20 heavy (non-hydrogen) atoms. The van der Waals surface area contributed by atoms with Gasteiger partial charge in [-0.05, 0) is 62.4 Å². The minimum absolute atomic E-state index is 0.859. The maximum Gasteiger partial charge on any atom is 0.0600 e. The molecule has 1 aromatic rings. The van der Waals surface area contributed by atoms with Gasteiger partial charge in [0, 0.05) is 13.1 Å². The molecular formula is C17H29N3. The molecule has 0 amide bonds. The van der Waals surface area contributed by atoms with E-state index in [0.29, 0.717) is 0 Å². The van der Waals surface area contributed by atoms with Gasteiger partial charge in [-0.3, -0.25) is 0 Å². The summed E-state index contributed by atoms with van der Waals surface area (Å²) >= 11 is 0. The summed E-state index contributed by atoms with van der Waals surface area (Å²) in [4.78, 5) is 2.44. The molecule has 1 fully saturated rings. The average Bonchev–Trinajstić information content (AvgIpc) is 2.45. The summed E-state index contributed by atoms with van der Waals surface area (Å²) in [6, 6.07) is 6.63. The Kier molecular flexibility index (Phi) is 5.72. The molecule has 0 aromatic heterocycles. The zero-order chi connectivity index (χ0) is 14.4. The van der Waals surface area contributed by atoms with Crippen molar-refractivity contribution >= 4 is 11.4 Å². The van der Waals surface area contributed by atoms with Crippen molar-refractivity contribution in [2.24, 2.45) is 5.92 Å². The smallest absolute Gasteiger partial charge is 0.0600 e. The third-order valence-electron chi connectivity index (χ3n) is 4.29. The molecule has 1 aromatic carbocycles. The Morgan fingerprint density at radius 1 is 1.30 bits per heavy atom. The van der Waals surface area contributed by atoms with Crippen LogP contribution in [0, 0.1) is 5.92 Å². The second kappa shape index (κ2) is 7.53. The van der Waals surface area contributed by atoms with Gasteiger partial charge in [-0.1, -0.05) is 19.9 Å². The van der Waals surface area contributed by atoms with Crippen molar-refractivity contribution in [3.05, 3.63) is 23.8 Å². The lowest BCUT2D eigenvalue weighted by Gasteiger charge is -2.33. The number of nitrogens with two attached hydrogens (primary N) is 1. The molecular weight excluding hydrogens is 246 g/mol. The first-order valence-electron chi connectivity index (χ1n) is 8.04. The first-order chi connectivity index (χ1) is 9.70. The average molecular weight is 275 g/mol. The first-order valence-corrected chi connectivity index (χ1v) is 8.04. The van der Waals surface area contributed by atoms with E-state index in [0.717, 1.165) is 44.2 Å². The molecule has 0 saturated carbocycles. The third-order valence-corrected chi connectivity index (χ3v) is 4.29. The predicted octanol–water partition coefficient (Wildman–Crippen LogP) is 3.05. The normalized spacial score (nSPS) is 16.6. The highest BCUT2D eigenvalue weighted by Crippen LogP contribution is 2.28. The van der Waals surface area contributed by atoms with Crippen molar-refractivity contribution in [1.82, 2.24) is 5.32 Å². The van der Waals surface area contributed by atoms with Crippen molar-refractivity contribution in [3.63, 3.8) is 0 Å². The molecule has 3 nitrogen and oxygen atoms in total. The summed E-state index contributed by atoms with van der Waals surface area (Å²) in [6.07, 6.45) is 4.84. The maximum atomic E-state index is 6.26. The quantitative estimate of drug-likeness (QED) is 0.619. The van der Waals surface area contributed by atoms with Crippen LogP contribution in [-0.2, 0) is 6.42 Å². The molecule has 0 aliphatic carbocycles. The zero-order valence-electron chi connectivity index (χ0n) is 13.0. The van der Waals surface area contributed by atoms with Gasteiger partial charge in [0.15, 0.2) is 0 Å². The molecule has 2 rings (SSSR count). The minimum atomic E-state index is 0.859. The summed E-state index contributed by atoms with van der Waals surface area (Å²) < 4.78 is 0. The van der Waals surface area contributed by atoms with Crippen LogP contribution in [0.25, 0.3) is 0 Å². The lowest BCUT2D eigenvalue weighted by atomic mass is 9.98. The molecule has 0 unspecified atom stereocenters. The maximum absolute atomic E-state index is 6.26. The molecule has 0 bridgehead atoms. The SMILES string of the molecule is CCNCCCc1ccc(N2CCC(C)CC2)c(N)c1. The number of piperidine rings is 1. The Morgan fingerprint density at radius 3 is 2.70 bits per heavy atom. The Balaban J connectivity index is 1.92. The summed E-state index contributed by atoms with van der Waals surface area (Å²) in [5, 5.41) is 3.36. The first kappa shape index (κ1) is 15.2. The number of nitrogen functional groups attached to an aromatic ring is 1. The van der Waals surface area contributed by atoms with Crippen molar-refractivity contribution in [3.8, 4) is 0 Å². The predicted molar refractivity (Wildman–Crippen MR) is 88.3 cm³/mol. The highest BCUT2D eigenvalue weighted by Gasteiger charge is 2.17. The molecule has 0 radical (unpaired) electrons. The fraction of sp³-hybridized carbons (Fsp3) is 0.647. The van der Waals surface area contributed by atoms with Crippen LogP contribution < -0.4 is 16.0 Å². The lowest BCUT2D eigenvalue weighted by Crippen LogP contribution is -2.33. The topological polar surface area (TPSA) is 41.3 Å². The Hall–Kier alpha value is -1.22. The molecule has 1 aliphatic rings. The van der Waals surface area contributed by atoms with Gasteiger partial charge in [-0.25, -0.2) is 0 Å². The van der Waals surface area contributed by atoms with Gasteiger partial charge >= 0.3 is 0 Å². The van der Waals surface area contributed by atoms with Gasteiger partial charge in [0.05, 0.1) is 11.4 Å². The number of aryl methyl sites for hydroxylation is 1. The van der Waals surface area contributed by atoms with E-state index in [1.54, 1.807) is 0 Å². The van der Waals surface area contributed by atoms with Gasteiger partial charge in [-0.15, -0.1) is 0 Å². The summed E-state index contributed by atoms with van der Waals surface area (Å²) in [5.41, 5.74) is 9.79. The number of nitrogens with one attached hydrogen (secondary N) is 1. The van der Waals surface area contributed by atoms with E-state index >= 15 is 0 Å². The number of rotatable bonds is 6. The van der Waals surface area contributed by atoms with Gasteiger partial charge in [0.25, 0.3) is 0 Å². The van der Waals surface area contributed by atoms with Crippen LogP contribution in [0.2, 0.25) is 0 Å². The summed E-state index contributed by atoms with van der Waals surface area (Å²) in [6.45, 7) is 8.91. The highest BCUT2D eigenvalue weighted by atomic mass is 15.1. The molecule has 1 heterocycles. The van der Waals surface area contributed by atoms with Crippen LogP contribution in [0.5, 0.6) is 0 Å². The molecule has 0 atom stereocenters. The van der Waals surface area contributed by atoms with E-state index in [2.05, 4.69) is 42.3 Å². The Morgan fingerprint density at radius 2 is 2.05 bits per heavy atom. The van der Waals surface area contributed by atoms with Crippen LogP contribution in [0.15, 0.2) is 18.2 Å². The monoisotopic (exact) mass is 275 g/mol. The Labute approximate surface area is 123 Å². The largest absolute Gasteiger partial charge is 0.397 e. The van der Waals surface area contributed by atoms with E-state index in [1.807, 2.05) is 0 Å². The second-order valence-electron chi connectivity index (χ2n) is 6.02. The molecule has 3 heteroatoms. The zero-order valence-corrected chi connectivity index (χ0v) is 13.0. The van der Waals surface area contributed by atoms with Gasteiger partial charge in [0.2, 0.25) is 0 Å². The fourth-order valence-electron chi connectivity index (χ4n) is 2.89. The van der Waals surface area contributed by atoms with Crippen molar-refractivity contribution in [2.75, 3.05) is 36.8 Å². The highest BCUT2D eigenvalue weighted by molar-refractivity contribution is 5.68. The van der Waals surface area contributed by atoms with Gasteiger partial charge in [-0.2, -0.15) is 0 Å². The van der Waals surface area contributed by atoms with Crippen molar-refractivity contribution in [2.45, 2.75) is 39.5 Å². The number of benzene rings is 1. The van der Waals surface area contributed by atoms with Crippen LogP contribution in [0.1, 0.15) is 38.7 Å². The van der Waals surface area contributed by atoms with Crippen LogP contribution in [0.4, 0.5) is 11.4 Å². The number of hydrogen-bond donors (Lipinski definition) is 2. The van der Waals surface area contributed by atoms with Crippen molar-refractivity contribution in [1.29, 1.82) is 0 Å².